The minimum Gasteiger partial charge on any atom is -0.449 e. The molecule has 0 radical (unpaired) electrons. The molecule has 12 nitrogen and oxygen atoms in total. The molecule has 45 heavy (non-hydrogen) atoms. The Hall–Kier alpha value is -3.51. The average molecular weight is 624 g/mol. The van der Waals surface area contributed by atoms with E-state index in [1.54, 1.807) is 11.0 Å². The molecule has 0 bridgehead atoms. The predicted octanol–water partition coefficient (Wildman–Crippen LogP) is 2.72. The molecule has 6 rings (SSSR count). The first-order chi connectivity index (χ1) is 21.8. The molecule has 1 aromatic rings. The lowest BCUT2D eigenvalue weighted by atomic mass is 9.87. The van der Waals surface area contributed by atoms with Crippen molar-refractivity contribution < 1.29 is 33.4 Å². The number of carbonyl (C=O) groups is 5. The molecule has 5 amide bonds. The van der Waals surface area contributed by atoms with Crippen LogP contribution in [-0.4, -0.2) is 115 Å². The van der Waals surface area contributed by atoms with E-state index in [0.717, 1.165) is 80.9 Å². The summed E-state index contributed by atoms with van der Waals surface area (Å²) in [6.07, 6.45) is 6.73. The third-order valence-electron chi connectivity index (χ3n) is 10.1. The monoisotopic (exact) mass is 623 g/mol. The van der Waals surface area contributed by atoms with Crippen LogP contribution in [0, 0.1) is 0 Å². The number of likely N-dealkylation sites (tertiary alicyclic amines) is 1. The first-order valence-corrected chi connectivity index (χ1v) is 16.7. The Kier molecular flexibility index (Phi) is 9.41. The molecule has 1 atom stereocenters. The molecule has 12 heteroatoms. The molecule has 1 saturated carbocycles. The molecule has 1 N–H and O–H groups in total. The van der Waals surface area contributed by atoms with Crippen molar-refractivity contribution in [2.45, 2.75) is 95.9 Å². The van der Waals surface area contributed by atoms with E-state index in [4.69, 9.17) is 9.47 Å². The number of imide groups is 2. The van der Waals surface area contributed by atoms with Gasteiger partial charge < -0.3 is 19.3 Å². The standard InChI is InChI=1S/C33H45N5O7/c1-3-5-18-44-33(43)37-12-10-22(11-13-37)45-23-19-21(20-23)35-14-16-36(17-15-35)26-7-6-25-29(24(26)4-2)32(42)38(31(25)41)27-8-9-28(39)34-30(27)40/h6-7,21-23,27H,3-5,8-20H2,1-2H3,(H,34,39,40)/t21-,23-,27?. The molecular formula is C33H45N5O7. The van der Waals surface area contributed by atoms with Gasteiger partial charge in [0.05, 0.1) is 29.9 Å². The minimum atomic E-state index is -0.964. The number of hydrogen-bond acceptors (Lipinski definition) is 9. The third-order valence-corrected chi connectivity index (χ3v) is 10.1. The Labute approximate surface area is 264 Å². The fraction of sp³-hybridized carbons (Fsp3) is 0.667. The smallest absolute Gasteiger partial charge is 0.409 e. The summed E-state index contributed by atoms with van der Waals surface area (Å²) in [6.45, 7) is 9.38. The number of ether oxygens (including phenoxy) is 2. The Balaban J connectivity index is 0.987. The molecule has 4 heterocycles. The number of anilines is 1. The van der Waals surface area contributed by atoms with Crippen LogP contribution in [0.2, 0.25) is 0 Å². The highest BCUT2D eigenvalue weighted by Gasteiger charge is 2.46. The number of amides is 5. The Bertz CT molecular complexity index is 1330. The van der Waals surface area contributed by atoms with Crippen molar-refractivity contribution in [3.8, 4) is 0 Å². The number of piperazine rings is 1. The first kappa shape index (κ1) is 31.5. The number of fused-ring (bicyclic) bond motifs is 1. The molecule has 244 valence electrons. The SMILES string of the molecule is CCCCOC(=O)N1CCC(O[C@H]2C[C@H](N3CCN(c4ccc5c(c4CC)C(=O)N(C4CCC(=O)NC4=O)C5=O)CC3)C2)CC1. The summed E-state index contributed by atoms with van der Waals surface area (Å²) >= 11 is 0. The molecule has 3 saturated heterocycles. The van der Waals surface area contributed by atoms with Crippen molar-refractivity contribution >= 4 is 35.4 Å². The lowest BCUT2D eigenvalue weighted by Gasteiger charge is -2.48. The fourth-order valence-electron chi connectivity index (χ4n) is 7.38. The number of nitrogens with one attached hydrogen (secondary N) is 1. The van der Waals surface area contributed by atoms with Crippen LogP contribution >= 0.6 is 0 Å². The van der Waals surface area contributed by atoms with E-state index in [2.05, 4.69) is 22.0 Å². The Morgan fingerprint density at radius 1 is 0.911 bits per heavy atom. The number of piperidine rings is 2. The highest BCUT2D eigenvalue weighted by atomic mass is 16.6. The molecular weight excluding hydrogens is 578 g/mol. The van der Waals surface area contributed by atoms with Crippen LogP contribution in [0.5, 0.6) is 0 Å². The van der Waals surface area contributed by atoms with Crippen LogP contribution in [0.3, 0.4) is 0 Å². The Morgan fingerprint density at radius 3 is 2.31 bits per heavy atom. The van der Waals surface area contributed by atoms with Gasteiger partial charge in [-0.2, -0.15) is 0 Å². The molecule has 0 spiro atoms. The van der Waals surface area contributed by atoms with Crippen LogP contribution in [-0.2, 0) is 25.5 Å². The van der Waals surface area contributed by atoms with Crippen molar-refractivity contribution in [3.63, 3.8) is 0 Å². The van der Waals surface area contributed by atoms with E-state index in [9.17, 15) is 24.0 Å². The molecule has 1 aliphatic carbocycles. The maximum absolute atomic E-state index is 13.6. The zero-order valence-corrected chi connectivity index (χ0v) is 26.4. The lowest BCUT2D eigenvalue weighted by molar-refractivity contribution is -0.136. The van der Waals surface area contributed by atoms with Gasteiger partial charge in [-0.3, -0.25) is 34.3 Å². The second-order valence-corrected chi connectivity index (χ2v) is 12.8. The van der Waals surface area contributed by atoms with Crippen LogP contribution in [0.1, 0.15) is 91.5 Å². The zero-order chi connectivity index (χ0) is 31.7. The van der Waals surface area contributed by atoms with Gasteiger partial charge >= 0.3 is 6.09 Å². The predicted molar refractivity (Wildman–Crippen MR) is 165 cm³/mol. The number of nitrogens with zero attached hydrogens (tertiary/aromatic N) is 4. The summed E-state index contributed by atoms with van der Waals surface area (Å²) in [7, 11) is 0. The third kappa shape index (κ3) is 6.31. The maximum Gasteiger partial charge on any atom is 0.409 e. The summed E-state index contributed by atoms with van der Waals surface area (Å²) in [6, 6.07) is 3.19. The van der Waals surface area contributed by atoms with Crippen molar-refractivity contribution in [1.29, 1.82) is 0 Å². The molecule has 1 unspecified atom stereocenters. The van der Waals surface area contributed by atoms with E-state index < -0.39 is 23.8 Å². The number of unbranched alkanes of at least 4 members (excludes halogenated alkanes) is 1. The van der Waals surface area contributed by atoms with Crippen LogP contribution in [0.4, 0.5) is 10.5 Å². The second-order valence-electron chi connectivity index (χ2n) is 12.8. The largest absolute Gasteiger partial charge is 0.449 e. The Morgan fingerprint density at radius 2 is 1.64 bits per heavy atom. The summed E-state index contributed by atoms with van der Waals surface area (Å²) in [5, 5.41) is 2.26. The highest BCUT2D eigenvalue weighted by Crippen LogP contribution is 2.37. The zero-order valence-electron chi connectivity index (χ0n) is 26.4. The summed E-state index contributed by atoms with van der Waals surface area (Å²) in [5.74, 6) is -1.89. The number of benzene rings is 1. The number of rotatable bonds is 9. The topological polar surface area (TPSA) is 129 Å². The van der Waals surface area contributed by atoms with Gasteiger partial charge in [0.1, 0.15) is 6.04 Å². The van der Waals surface area contributed by atoms with E-state index in [1.807, 2.05) is 13.0 Å². The number of carbonyl (C=O) groups excluding carboxylic acids is 5. The summed E-state index contributed by atoms with van der Waals surface area (Å²) < 4.78 is 11.7. The van der Waals surface area contributed by atoms with Crippen LogP contribution in [0.15, 0.2) is 12.1 Å². The molecule has 4 fully saturated rings. The van der Waals surface area contributed by atoms with E-state index >= 15 is 0 Å². The lowest BCUT2D eigenvalue weighted by Crippen LogP contribution is -2.56. The molecule has 4 aliphatic heterocycles. The fourth-order valence-corrected chi connectivity index (χ4v) is 7.38. The van der Waals surface area contributed by atoms with Crippen molar-refractivity contribution in [1.82, 2.24) is 20.0 Å². The first-order valence-electron chi connectivity index (χ1n) is 16.7. The van der Waals surface area contributed by atoms with Crippen molar-refractivity contribution in [2.24, 2.45) is 0 Å². The summed E-state index contributed by atoms with van der Waals surface area (Å²) in [4.78, 5) is 70.9. The van der Waals surface area contributed by atoms with Crippen molar-refractivity contribution in [2.75, 3.05) is 50.8 Å². The van der Waals surface area contributed by atoms with Gasteiger partial charge in [0.15, 0.2) is 0 Å². The quantitative estimate of drug-likeness (QED) is 0.326. The minimum absolute atomic E-state index is 0.102. The molecule has 1 aromatic carbocycles. The van der Waals surface area contributed by atoms with Gasteiger partial charge in [-0.05, 0) is 62.6 Å². The maximum atomic E-state index is 13.6. The van der Waals surface area contributed by atoms with Gasteiger partial charge in [-0.1, -0.05) is 20.3 Å². The second kappa shape index (κ2) is 13.5. The average Bonchev–Trinajstić information content (AvgIpc) is 3.28. The van der Waals surface area contributed by atoms with Gasteiger partial charge in [0.2, 0.25) is 11.8 Å². The highest BCUT2D eigenvalue weighted by molar-refractivity contribution is 6.24. The van der Waals surface area contributed by atoms with Gasteiger partial charge in [0, 0.05) is 57.4 Å². The molecule has 5 aliphatic rings. The van der Waals surface area contributed by atoms with E-state index in [1.165, 1.54) is 0 Å². The van der Waals surface area contributed by atoms with Gasteiger partial charge in [0.25, 0.3) is 11.8 Å². The van der Waals surface area contributed by atoms with Gasteiger partial charge in [-0.15, -0.1) is 0 Å². The normalized spacial score (nSPS) is 26.2. The van der Waals surface area contributed by atoms with Crippen molar-refractivity contribution in [3.05, 3.63) is 28.8 Å². The van der Waals surface area contributed by atoms with E-state index in [-0.39, 0.29) is 37.0 Å². The van der Waals surface area contributed by atoms with Crippen LogP contribution in [0.25, 0.3) is 0 Å². The number of hydrogen-bond donors (Lipinski definition) is 1. The van der Waals surface area contributed by atoms with E-state index in [0.29, 0.717) is 43.3 Å². The molecule has 0 aromatic heterocycles. The summed E-state index contributed by atoms with van der Waals surface area (Å²) in [5.41, 5.74) is 2.54. The van der Waals surface area contributed by atoms with Gasteiger partial charge in [-0.25, -0.2) is 4.79 Å². The van der Waals surface area contributed by atoms with Crippen LogP contribution < -0.4 is 10.2 Å².